The molecule has 2 aromatic heterocycles. The van der Waals surface area contributed by atoms with Gasteiger partial charge in [0.05, 0.1) is 17.6 Å². The molecule has 0 aliphatic rings. The van der Waals surface area contributed by atoms with E-state index in [4.69, 9.17) is 0 Å². The molecule has 0 saturated carbocycles. The fourth-order valence-corrected chi connectivity index (χ4v) is 1.36. The Morgan fingerprint density at radius 2 is 2.27 bits per heavy atom. The van der Waals surface area contributed by atoms with Gasteiger partial charge in [0.2, 0.25) is 0 Å². The van der Waals surface area contributed by atoms with Crippen LogP contribution in [0.5, 0.6) is 0 Å². The predicted molar refractivity (Wildman–Crippen MR) is 58.8 cm³/mol. The first-order chi connectivity index (χ1) is 7.31. The summed E-state index contributed by atoms with van der Waals surface area (Å²) in [4.78, 5) is 4.38. The Kier molecular flexibility index (Phi) is 2.78. The van der Waals surface area contributed by atoms with Gasteiger partial charge in [0.15, 0.2) is 0 Å². The SMILES string of the molecule is CNC(C)c1ccc(-n2cccn2)cn1. The number of hydrogen-bond donors (Lipinski definition) is 1. The van der Waals surface area contributed by atoms with E-state index in [1.165, 1.54) is 0 Å². The minimum absolute atomic E-state index is 0.275. The zero-order chi connectivity index (χ0) is 10.7. The smallest absolute Gasteiger partial charge is 0.0828 e. The molecule has 2 heterocycles. The lowest BCUT2D eigenvalue weighted by molar-refractivity contribution is 0.632. The summed E-state index contributed by atoms with van der Waals surface area (Å²) >= 11 is 0. The van der Waals surface area contributed by atoms with Gasteiger partial charge in [-0.1, -0.05) is 0 Å². The molecule has 1 atom stereocenters. The highest BCUT2D eigenvalue weighted by molar-refractivity contribution is 5.29. The highest BCUT2D eigenvalue weighted by Crippen LogP contribution is 2.11. The second kappa shape index (κ2) is 4.23. The molecule has 0 fully saturated rings. The van der Waals surface area contributed by atoms with Crippen molar-refractivity contribution in [1.29, 1.82) is 0 Å². The Labute approximate surface area is 89.0 Å². The molecule has 1 unspecified atom stereocenters. The van der Waals surface area contributed by atoms with Gasteiger partial charge >= 0.3 is 0 Å². The van der Waals surface area contributed by atoms with Crippen LogP contribution in [-0.4, -0.2) is 21.8 Å². The van der Waals surface area contributed by atoms with Gasteiger partial charge in [-0.15, -0.1) is 0 Å². The number of nitrogens with zero attached hydrogens (tertiary/aromatic N) is 3. The van der Waals surface area contributed by atoms with Crippen LogP contribution in [-0.2, 0) is 0 Å². The van der Waals surface area contributed by atoms with Crippen molar-refractivity contribution in [2.75, 3.05) is 7.05 Å². The van der Waals surface area contributed by atoms with E-state index in [1.807, 2.05) is 37.6 Å². The van der Waals surface area contributed by atoms with Crippen LogP contribution in [0.15, 0.2) is 36.8 Å². The first-order valence-corrected chi connectivity index (χ1v) is 4.94. The number of rotatable bonds is 3. The molecule has 2 rings (SSSR count). The number of aromatic nitrogens is 3. The van der Waals surface area contributed by atoms with E-state index in [9.17, 15) is 0 Å². The highest BCUT2D eigenvalue weighted by atomic mass is 15.3. The van der Waals surface area contributed by atoms with Gasteiger partial charge in [0.1, 0.15) is 0 Å². The fraction of sp³-hybridized carbons (Fsp3) is 0.273. The molecule has 15 heavy (non-hydrogen) atoms. The molecule has 4 heteroatoms. The van der Waals surface area contributed by atoms with Crippen molar-refractivity contribution < 1.29 is 0 Å². The molecule has 0 amide bonds. The number of hydrogen-bond acceptors (Lipinski definition) is 3. The Bertz CT molecular complexity index is 405. The van der Waals surface area contributed by atoms with Crippen LogP contribution in [0.3, 0.4) is 0 Å². The molecular weight excluding hydrogens is 188 g/mol. The van der Waals surface area contributed by atoms with Crippen molar-refractivity contribution in [2.45, 2.75) is 13.0 Å². The van der Waals surface area contributed by atoms with Crippen molar-refractivity contribution in [2.24, 2.45) is 0 Å². The van der Waals surface area contributed by atoms with Crippen LogP contribution < -0.4 is 5.32 Å². The molecule has 2 aromatic rings. The van der Waals surface area contributed by atoms with Gasteiger partial charge in [-0.2, -0.15) is 5.10 Å². The van der Waals surface area contributed by atoms with Gasteiger partial charge in [0.25, 0.3) is 0 Å². The van der Waals surface area contributed by atoms with Gasteiger partial charge in [-0.3, -0.25) is 4.98 Å². The van der Waals surface area contributed by atoms with Crippen LogP contribution in [0.4, 0.5) is 0 Å². The lowest BCUT2D eigenvalue weighted by atomic mass is 10.2. The highest BCUT2D eigenvalue weighted by Gasteiger charge is 2.03. The quantitative estimate of drug-likeness (QED) is 0.821. The Morgan fingerprint density at radius 1 is 1.40 bits per heavy atom. The number of nitrogens with one attached hydrogen (secondary N) is 1. The minimum atomic E-state index is 0.275. The standard InChI is InChI=1S/C11H14N4/c1-9(12-2)11-5-4-10(8-13-11)15-7-3-6-14-15/h3-9,12H,1-2H3. The second-order valence-corrected chi connectivity index (χ2v) is 3.40. The molecule has 0 aliphatic carbocycles. The summed E-state index contributed by atoms with van der Waals surface area (Å²) in [7, 11) is 1.92. The van der Waals surface area contributed by atoms with Crippen LogP contribution in [0.25, 0.3) is 5.69 Å². The largest absolute Gasteiger partial charge is 0.312 e. The van der Waals surface area contributed by atoms with E-state index in [-0.39, 0.29) is 6.04 Å². The molecule has 0 aliphatic heterocycles. The normalized spacial score (nSPS) is 12.7. The van der Waals surface area contributed by atoms with Crippen LogP contribution in [0.2, 0.25) is 0 Å². The molecule has 0 aromatic carbocycles. The first kappa shape index (κ1) is 9.86. The van der Waals surface area contributed by atoms with Crippen LogP contribution in [0, 0.1) is 0 Å². The van der Waals surface area contributed by atoms with Gasteiger partial charge < -0.3 is 5.32 Å². The average Bonchev–Trinajstić information content (AvgIpc) is 2.82. The van der Waals surface area contributed by atoms with Crippen molar-refractivity contribution in [3.63, 3.8) is 0 Å². The van der Waals surface area contributed by atoms with E-state index in [0.29, 0.717) is 0 Å². The molecule has 78 valence electrons. The second-order valence-electron chi connectivity index (χ2n) is 3.40. The third-order valence-electron chi connectivity index (χ3n) is 2.42. The molecule has 0 spiro atoms. The van der Waals surface area contributed by atoms with Crippen molar-refractivity contribution in [3.8, 4) is 5.69 Å². The van der Waals surface area contributed by atoms with Crippen LogP contribution in [0.1, 0.15) is 18.7 Å². The van der Waals surface area contributed by atoms with Crippen LogP contribution >= 0.6 is 0 Å². The zero-order valence-corrected chi connectivity index (χ0v) is 8.88. The predicted octanol–water partition coefficient (Wildman–Crippen LogP) is 1.55. The molecular formula is C11H14N4. The Morgan fingerprint density at radius 3 is 2.80 bits per heavy atom. The summed E-state index contributed by atoms with van der Waals surface area (Å²) in [5.74, 6) is 0. The van der Waals surface area contributed by atoms with E-state index in [2.05, 4.69) is 22.3 Å². The third kappa shape index (κ3) is 2.05. The lowest BCUT2D eigenvalue weighted by Crippen LogP contribution is -2.13. The van der Waals surface area contributed by atoms with Crippen molar-refractivity contribution in [3.05, 3.63) is 42.5 Å². The van der Waals surface area contributed by atoms with Crippen molar-refractivity contribution in [1.82, 2.24) is 20.1 Å². The zero-order valence-electron chi connectivity index (χ0n) is 8.88. The molecule has 1 N–H and O–H groups in total. The van der Waals surface area contributed by atoms with E-state index in [0.717, 1.165) is 11.4 Å². The Hall–Kier alpha value is -1.68. The van der Waals surface area contributed by atoms with E-state index in [1.54, 1.807) is 10.9 Å². The third-order valence-corrected chi connectivity index (χ3v) is 2.42. The lowest BCUT2D eigenvalue weighted by Gasteiger charge is -2.09. The average molecular weight is 202 g/mol. The maximum Gasteiger partial charge on any atom is 0.0828 e. The summed E-state index contributed by atoms with van der Waals surface area (Å²) in [5, 5.41) is 7.29. The maximum absolute atomic E-state index is 4.38. The monoisotopic (exact) mass is 202 g/mol. The van der Waals surface area contributed by atoms with Gasteiger partial charge in [0, 0.05) is 18.4 Å². The molecule has 0 radical (unpaired) electrons. The number of pyridine rings is 1. The van der Waals surface area contributed by atoms with Gasteiger partial charge in [-0.25, -0.2) is 4.68 Å². The van der Waals surface area contributed by atoms with E-state index < -0.39 is 0 Å². The summed E-state index contributed by atoms with van der Waals surface area (Å²) in [6, 6.07) is 6.20. The fourth-order valence-electron chi connectivity index (χ4n) is 1.36. The van der Waals surface area contributed by atoms with Crippen molar-refractivity contribution >= 4 is 0 Å². The molecule has 4 nitrogen and oxygen atoms in total. The topological polar surface area (TPSA) is 42.7 Å². The molecule has 0 saturated heterocycles. The summed E-state index contributed by atoms with van der Waals surface area (Å²) < 4.78 is 1.79. The Balaban J connectivity index is 2.25. The maximum atomic E-state index is 4.38. The first-order valence-electron chi connectivity index (χ1n) is 4.94. The summed E-state index contributed by atoms with van der Waals surface area (Å²) in [5.41, 5.74) is 2.01. The summed E-state index contributed by atoms with van der Waals surface area (Å²) in [6.07, 6.45) is 5.48. The molecule has 0 bridgehead atoms. The van der Waals surface area contributed by atoms with E-state index >= 15 is 0 Å². The van der Waals surface area contributed by atoms with Gasteiger partial charge in [-0.05, 0) is 32.2 Å². The summed E-state index contributed by atoms with van der Waals surface area (Å²) in [6.45, 7) is 2.08. The minimum Gasteiger partial charge on any atom is -0.312 e.